The predicted octanol–water partition coefficient (Wildman–Crippen LogP) is 6.83. The number of hydrogen-bond donors (Lipinski definition) is 3. The Balaban J connectivity index is 1.04. The van der Waals surface area contributed by atoms with Gasteiger partial charge in [0, 0.05) is 27.1 Å². The number of nitrogens with zero attached hydrogens (tertiary/aromatic N) is 5. The van der Waals surface area contributed by atoms with Gasteiger partial charge < -0.3 is 24.9 Å². The maximum Gasteiger partial charge on any atom is 0.407 e. The smallest absolute Gasteiger partial charge is 0.407 e. The lowest BCUT2D eigenvalue weighted by Gasteiger charge is -2.32. The fourth-order valence-corrected chi connectivity index (χ4v) is 7.17. The molecule has 2 aliphatic rings. The fourth-order valence-electron chi connectivity index (χ4n) is 7.17. The lowest BCUT2D eigenvalue weighted by Crippen LogP contribution is -2.43. The molecule has 3 atom stereocenters. The van der Waals surface area contributed by atoms with Crippen molar-refractivity contribution in [1.29, 1.82) is 0 Å². The van der Waals surface area contributed by atoms with Crippen LogP contribution < -0.4 is 0 Å². The summed E-state index contributed by atoms with van der Waals surface area (Å²) in [6.07, 6.45) is 5.92. The summed E-state index contributed by atoms with van der Waals surface area (Å²) in [4.78, 5) is 58.7. The normalized spacial score (nSPS) is 18.1. The van der Waals surface area contributed by atoms with Gasteiger partial charge in [-0.25, -0.2) is 14.8 Å². The molecule has 3 aromatic carbocycles. The lowest BCUT2D eigenvalue weighted by molar-refractivity contribution is -0.137. The van der Waals surface area contributed by atoms with Crippen LogP contribution in [0.2, 0.25) is 0 Å². The first kappa shape index (κ1) is 31.9. The van der Waals surface area contributed by atoms with E-state index in [4.69, 9.17) is 0 Å². The molecule has 49 heavy (non-hydrogen) atoms. The van der Waals surface area contributed by atoms with Gasteiger partial charge in [0.1, 0.15) is 17.7 Å². The molecule has 2 saturated heterocycles. The second-order valence-electron chi connectivity index (χ2n) is 12.8. The van der Waals surface area contributed by atoms with Crippen molar-refractivity contribution >= 4 is 17.9 Å². The van der Waals surface area contributed by atoms with Crippen molar-refractivity contribution in [2.24, 2.45) is 0 Å². The van der Waals surface area contributed by atoms with E-state index in [1.54, 1.807) is 30.2 Å². The molecule has 2 aromatic heterocycles. The molecule has 11 heteroatoms. The average Bonchev–Trinajstić information content (AvgIpc) is 3.95. The molecule has 0 aliphatic carbocycles. The van der Waals surface area contributed by atoms with E-state index in [2.05, 4.69) is 68.5 Å². The van der Waals surface area contributed by atoms with E-state index < -0.39 is 12.1 Å². The maximum absolute atomic E-state index is 13.9. The van der Waals surface area contributed by atoms with Gasteiger partial charge >= 0.3 is 6.09 Å². The van der Waals surface area contributed by atoms with Gasteiger partial charge in [-0.05, 0) is 53.5 Å². The third-order valence-corrected chi connectivity index (χ3v) is 9.78. The fraction of sp³-hybridized carbons (Fsp3) is 0.289. The summed E-state index contributed by atoms with van der Waals surface area (Å²) in [6, 6.07) is 24.4. The molecule has 5 aromatic rings. The average molecular weight is 658 g/mol. The zero-order valence-corrected chi connectivity index (χ0v) is 27.5. The molecule has 0 radical (unpaired) electrons. The van der Waals surface area contributed by atoms with Gasteiger partial charge in [-0.1, -0.05) is 78.9 Å². The van der Waals surface area contributed by atoms with Crippen LogP contribution in [0.15, 0.2) is 91.3 Å². The van der Waals surface area contributed by atoms with E-state index in [1.165, 1.54) is 7.05 Å². The quantitative estimate of drug-likeness (QED) is 0.167. The van der Waals surface area contributed by atoms with E-state index in [1.807, 2.05) is 29.3 Å². The number of aromatic amines is 2. The SMILES string of the molecule is CC(=O)N1CCC[C@H]1c1ncc(-c2ccc(-c3ccc(-c4cnc([C@@H]5CCCN5C(=O)[C@@H](c5ccccc5)N(C)C(=O)O)[nH]4)cc3)cc2)[nH]1. The first-order valence-electron chi connectivity index (χ1n) is 16.7. The summed E-state index contributed by atoms with van der Waals surface area (Å²) in [5, 5.41) is 9.75. The number of benzene rings is 3. The third-order valence-electron chi connectivity index (χ3n) is 9.78. The van der Waals surface area contributed by atoms with E-state index in [9.17, 15) is 19.5 Å². The molecule has 0 saturated carbocycles. The minimum Gasteiger partial charge on any atom is -0.465 e. The van der Waals surface area contributed by atoms with Crippen LogP contribution in [0.4, 0.5) is 4.79 Å². The number of H-pyrrole nitrogens is 2. The number of nitrogens with one attached hydrogen (secondary N) is 2. The number of likely N-dealkylation sites (N-methyl/N-ethyl adjacent to an activating group) is 1. The first-order valence-corrected chi connectivity index (χ1v) is 16.7. The Hall–Kier alpha value is -5.71. The second kappa shape index (κ2) is 13.4. The second-order valence-corrected chi connectivity index (χ2v) is 12.8. The van der Waals surface area contributed by atoms with Crippen LogP contribution >= 0.6 is 0 Å². The molecule has 2 fully saturated rings. The number of aromatic nitrogens is 4. The molecule has 11 nitrogen and oxygen atoms in total. The Morgan fingerprint density at radius 2 is 1.20 bits per heavy atom. The third kappa shape index (κ3) is 6.31. The van der Waals surface area contributed by atoms with Crippen molar-refractivity contribution in [2.75, 3.05) is 20.1 Å². The van der Waals surface area contributed by atoms with E-state index in [-0.39, 0.29) is 23.9 Å². The van der Waals surface area contributed by atoms with Crippen LogP contribution in [0.3, 0.4) is 0 Å². The molecule has 0 spiro atoms. The largest absolute Gasteiger partial charge is 0.465 e. The highest BCUT2D eigenvalue weighted by molar-refractivity contribution is 5.87. The van der Waals surface area contributed by atoms with Crippen LogP contribution in [0.5, 0.6) is 0 Å². The zero-order chi connectivity index (χ0) is 34.1. The van der Waals surface area contributed by atoms with Gasteiger partial charge in [0.05, 0.1) is 35.9 Å². The Morgan fingerprint density at radius 3 is 1.69 bits per heavy atom. The highest BCUT2D eigenvalue weighted by Gasteiger charge is 2.39. The van der Waals surface area contributed by atoms with Crippen LogP contribution in [-0.4, -0.2) is 77.8 Å². The summed E-state index contributed by atoms with van der Waals surface area (Å²) in [7, 11) is 1.43. The number of carbonyl (C=O) groups is 3. The van der Waals surface area contributed by atoms with Gasteiger partial charge in [0.2, 0.25) is 5.91 Å². The molecule has 0 bridgehead atoms. The minimum absolute atomic E-state index is 0.00686. The molecular formula is C38H39N7O4. The van der Waals surface area contributed by atoms with E-state index >= 15 is 0 Å². The Morgan fingerprint density at radius 1 is 0.735 bits per heavy atom. The molecule has 4 heterocycles. The Kier molecular flexibility index (Phi) is 8.73. The monoisotopic (exact) mass is 657 g/mol. The number of likely N-dealkylation sites (tertiary alicyclic amines) is 2. The van der Waals surface area contributed by atoms with Crippen molar-refractivity contribution in [3.8, 4) is 33.6 Å². The molecular weight excluding hydrogens is 618 g/mol. The highest BCUT2D eigenvalue weighted by Crippen LogP contribution is 2.36. The van der Waals surface area contributed by atoms with E-state index in [0.717, 1.165) is 76.6 Å². The van der Waals surface area contributed by atoms with Crippen LogP contribution in [0.1, 0.15) is 67.9 Å². The van der Waals surface area contributed by atoms with Crippen molar-refractivity contribution in [1.82, 2.24) is 34.6 Å². The van der Waals surface area contributed by atoms with E-state index in [0.29, 0.717) is 17.9 Å². The standard InChI is InChI=1S/C38H39N7O4/c1-24(46)44-20-6-10-32(44)35-39-22-30(41-35)27-16-12-25(13-17-27)26-14-18-28(19-15-26)31-23-40-36(42-31)33-11-7-21-45(33)37(47)34(43(2)38(48)49)29-8-4-3-5-9-29/h3-5,8-9,12-19,22-23,32-34H,6-7,10-11,20-21H2,1-2H3,(H,39,41)(H,40,42)(H,48,49)/t32-,33-,34+/m0/s1. The minimum atomic E-state index is -1.16. The van der Waals surface area contributed by atoms with Crippen LogP contribution in [-0.2, 0) is 9.59 Å². The highest BCUT2D eigenvalue weighted by atomic mass is 16.4. The predicted molar refractivity (Wildman–Crippen MR) is 185 cm³/mol. The zero-order valence-electron chi connectivity index (χ0n) is 27.5. The molecule has 3 amide bonds. The molecule has 3 N–H and O–H groups in total. The summed E-state index contributed by atoms with van der Waals surface area (Å²) in [5.74, 6) is 1.34. The number of imidazole rings is 2. The summed E-state index contributed by atoms with van der Waals surface area (Å²) in [6.45, 7) is 2.92. The Labute approximate surface area is 284 Å². The molecule has 2 aliphatic heterocycles. The van der Waals surface area contributed by atoms with Gasteiger partial charge in [-0.3, -0.25) is 14.5 Å². The number of carbonyl (C=O) groups excluding carboxylic acids is 2. The summed E-state index contributed by atoms with van der Waals surface area (Å²) < 4.78 is 0. The number of carboxylic acid groups (broad SMARTS) is 1. The van der Waals surface area contributed by atoms with Crippen molar-refractivity contribution < 1.29 is 19.5 Å². The topological polar surface area (TPSA) is 139 Å². The van der Waals surface area contributed by atoms with Crippen LogP contribution in [0, 0.1) is 0 Å². The van der Waals surface area contributed by atoms with Gasteiger partial charge in [-0.15, -0.1) is 0 Å². The van der Waals surface area contributed by atoms with Crippen molar-refractivity contribution in [3.05, 3.63) is 108 Å². The van der Waals surface area contributed by atoms with Crippen molar-refractivity contribution in [3.63, 3.8) is 0 Å². The lowest BCUT2D eigenvalue weighted by atomic mass is 10.0. The van der Waals surface area contributed by atoms with Gasteiger partial charge in [0.25, 0.3) is 5.91 Å². The van der Waals surface area contributed by atoms with Gasteiger partial charge in [-0.2, -0.15) is 0 Å². The first-order chi connectivity index (χ1) is 23.8. The van der Waals surface area contributed by atoms with Crippen molar-refractivity contribution in [2.45, 2.75) is 50.7 Å². The van der Waals surface area contributed by atoms with Crippen LogP contribution in [0.25, 0.3) is 33.6 Å². The molecule has 7 rings (SSSR count). The summed E-state index contributed by atoms with van der Waals surface area (Å²) in [5.41, 5.74) is 6.56. The Bertz CT molecular complexity index is 1950. The van der Waals surface area contributed by atoms with Gasteiger partial charge in [0.15, 0.2) is 0 Å². The summed E-state index contributed by atoms with van der Waals surface area (Å²) >= 11 is 0. The number of rotatable bonds is 8. The number of hydrogen-bond acceptors (Lipinski definition) is 5. The molecule has 250 valence electrons. The number of amides is 3. The maximum atomic E-state index is 13.9. The molecule has 0 unspecified atom stereocenters.